The van der Waals surface area contributed by atoms with E-state index >= 15 is 0 Å². The van der Waals surface area contributed by atoms with Crippen molar-refractivity contribution in [3.63, 3.8) is 0 Å². The van der Waals surface area contributed by atoms with Gasteiger partial charge in [-0.25, -0.2) is 4.98 Å². The maximum absolute atomic E-state index is 12.9. The molecule has 1 amide bonds. The van der Waals surface area contributed by atoms with Gasteiger partial charge in [-0.3, -0.25) is 4.79 Å². The predicted molar refractivity (Wildman–Crippen MR) is 116 cm³/mol. The van der Waals surface area contributed by atoms with Gasteiger partial charge in [-0.1, -0.05) is 24.3 Å². The lowest BCUT2D eigenvalue weighted by atomic mass is 10.2. The average Bonchev–Trinajstić information content (AvgIpc) is 3.20. The van der Waals surface area contributed by atoms with Crippen LogP contribution in [-0.4, -0.2) is 42.0 Å². The van der Waals surface area contributed by atoms with Gasteiger partial charge >= 0.3 is 6.18 Å². The van der Waals surface area contributed by atoms with Gasteiger partial charge in [0.15, 0.2) is 5.13 Å². The van der Waals surface area contributed by atoms with E-state index in [0.29, 0.717) is 29.6 Å². The molecule has 31 heavy (non-hydrogen) atoms. The van der Waals surface area contributed by atoms with E-state index in [2.05, 4.69) is 27.3 Å². The summed E-state index contributed by atoms with van der Waals surface area (Å²) in [5.41, 5.74) is 1.34. The number of thiazole rings is 1. The van der Waals surface area contributed by atoms with Gasteiger partial charge in [0.05, 0.1) is 17.7 Å². The van der Waals surface area contributed by atoms with E-state index in [-0.39, 0.29) is 12.3 Å². The summed E-state index contributed by atoms with van der Waals surface area (Å²) in [6.07, 6.45) is -4.23. The number of amides is 1. The van der Waals surface area contributed by atoms with Gasteiger partial charge in [-0.15, -0.1) is 11.3 Å². The Labute approximate surface area is 182 Å². The minimum atomic E-state index is -4.40. The molecule has 0 spiro atoms. The number of hydrogen-bond donors (Lipinski definition) is 1. The molecule has 0 radical (unpaired) electrons. The molecule has 0 aliphatic carbocycles. The van der Waals surface area contributed by atoms with Gasteiger partial charge in [-0.05, 0) is 30.3 Å². The van der Waals surface area contributed by atoms with Crippen LogP contribution in [0.2, 0.25) is 0 Å². The van der Waals surface area contributed by atoms with Gasteiger partial charge in [-0.2, -0.15) is 13.2 Å². The molecule has 2 heterocycles. The van der Waals surface area contributed by atoms with Crippen molar-refractivity contribution in [1.29, 1.82) is 0 Å². The van der Waals surface area contributed by atoms with Crippen LogP contribution in [0.3, 0.4) is 0 Å². The first-order valence-electron chi connectivity index (χ1n) is 9.85. The Bertz CT molecular complexity index is 1030. The minimum absolute atomic E-state index is 0.00336. The van der Waals surface area contributed by atoms with Crippen molar-refractivity contribution in [3.8, 4) is 0 Å². The van der Waals surface area contributed by atoms with Gasteiger partial charge in [0.1, 0.15) is 0 Å². The molecule has 0 atom stereocenters. The van der Waals surface area contributed by atoms with Crippen molar-refractivity contribution >= 4 is 33.8 Å². The quantitative estimate of drug-likeness (QED) is 0.612. The van der Waals surface area contributed by atoms with Crippen molar-refractivity contribution in [2.24, 2.45) is 0 Å². The number of para-hydroxylation sites is 1. The lowest BCUT2D eigenvalue weighted by molar-refractivity contribution is -0.137. The van der Waals surface area contributed by atoms with Crippen LogP contribution >= 0.6 is 11.3 Å². The topological polar surface area (TPSA) is 48.5 Å². The summed E-state index contributed by atoms with van der Waals surface area (Å²) in [4.78, 5) is 21.1. The Balaban J connectivity index is 1.32. The number of alkyl halides is 3. The number of piperazine rings is 1. The third kappa shape index (κ3) is 5.35. The minimum Gasteiger partial charge on any atom is -0.368 e. The van der Waals surface area contributed by atoms with E-state index in [0.717, 1.165) is 30.9 Å². The van der Waals surface area contributed by atoms with Crippen molar-refractivity contribution in [3.05, 3.63) is 71.2 Å². The highest BCUT2D eigenvalue weighted by Crippen LogP contribution is 2.32. The van der Waals surface area contributed by atoms with Crippen LogP contribution in [0.4, 0.5) is 29.7 Å². The average molecular weight is 446 g/mol. The molecular formula is C22H21F3N4OS. The Morgan fingerprint density at radius 3 is 2.48 bits per heavy atom. The molecule has 4 rings (SSSR count). The maximum atomic E-state index is 12.9. The standard InChI is InChI=1S/C22H21F3N4OS/c23-22(24,25)16-5-4-6-17(13-16)26-21-27-18(15-31-21)14-20(30)29-11-9-28(10-12-29)19-7-2-1-3-8-19/h1-8,13,15H,9-12,14H2,(H,26,27). The number of benzene rings is 2. The van der Waals surface area contributed by atoms with Crippen molar-refractivity contribution < 1.29 is 18.0 Å². The van der Waals surface area contributed by atoms with Gasteiger partial charge in [0.25, 0.3) is 0 Å². The highest BCUT2D eigenvalue weighted by molar-refractivity contribution is 7.13. The summed E-state index contributed by atoms with van der Waals surface area (Å²) in [6, 6.07) is 15.1. The molecule has 162 valence electrons. The maximum Gasteiger partial charge on any atom is 0.416 e. The van der Waals surface area contributed by atoms with E-state index in [1.165, 1.54) is 17.4 Å². The van der Waals surface area contributed by atoms with Crippen LogP contribution in [0.1, 0.15) is 11.3 Å². The smallest absolute Gasteiger partial charge is 0.368 e. The van der Waals surface area contributed by atoms with E-state index in [1.54, 1.807) is 11.4 Å². The zero-order valence-electron chi connectivity index (χ0n) is 16.6. The molecule has 5 nitrogen and oxygen atoms in total. The number of carbonyl (C=O) groups excluding carboxylic acids is 1. The number of halogens is 3. The highest BCUT2D eigenvalue weighted by atomic mass is 32.1. The van der Waals surface area contributed by atoms with E-state index < -0.39 is 11.7 Å². The normalized spacial score (nSPS) is 14.5. The Kier molecular flexibility index (Phi) is 6.13. The number of aromatic nitrogens is 1. The van der Waals surface area contributed by atoms with Crippen molar-refractivity contribution in [2.45, 2.75) is 12.6 Å². The molecule has 0 bridgehead atoms. The molecule has 1 aliphatic heterocycles. The first kappa shape index (κ1) is 21.2. The van der Waals surface area contributed by atoms with Crippen LogP contribution < -0.4 is 10.2 Å². The van der Waals surface area contributed by atoms with Crippen molar-refractivity contribution in [1.82, 2.24) is 9.88 Å². The largest absolute Gasteiger partial charge is 0.416 e. The van der Waals surface area contributed by atoms with Crippen LogP contribution in [-0.2, 0) is 17.4 Å². The van der Waals surface area contributed by atoms with Gasteiger partial charge < -0.3 is 15.1 Å². The van der Waals surface area contributed by atoms with Crippen molar-refractivity contribution in [2.75, 3.05) is 36.4 Å². The zero-order valence-corrected chi connectivity index (χ0v) is 17.4. The summed E-state index contributed by atoms with van der Waals surface area (Å²) < 4.78 is 38.6. The first-order valence-corrected chi connectivity index (χ1v) is 10.7. The SMILES string of the molecule is O=C(Cc1csc(Nc2cccc(C(F)(F)F)c2)n1)N1CCN(c2ccccc2)CC1. The monoisotopic (exact) mass is 446 g/mol. The molecule has 9 heteroatoms. The Hall–Kier alpha value is -3.07. The van der Waals surface area contributed by atoms with Gasteiger partial charge in [0.2, 0.25) is 5.91 Å². The molecule has 1 N–H and O–H groups in total. The van der Waals surface area contributed by atoms with Crippen LogP contribution in [0, 0.1) is 0 Å². The molecule has 1 aromatic heterocycles. The second kappa shape index (κ2) is 8.97. The number of rotatable bonds is 5. The first-order chi connectivity index (χ1) is 14.9. The van der Waals surface area contributed by atoms with Gasteiger partial charge in [0, 0.05) is 42.9 Å². The molecular weight excluding hydrogens is 425 g/mol. The number of anilines is 3. The molecule has 0 saturated carbocycles. The summed E-state index contributed by atoms with van der Waals surface area (Å²) in [6.45, 7) is 2.84. The molecule has 2 aromatic carbocycles. The fourth-order valence-electron chi connectivity index (χ4n) is 3.46. The fraction of sp³-hybridized carbons (Fsp3) is 0.273. The molecule has 1 fully saturated rings. The lowest BCUT2D eigenvalue weighted by Gasteiger charge is -2.36. The number of nitrogens with zero attached hydrogens (tertiary/aromatic N) is 3. The van der Waals surface area contributed by atoms with E-state index in [9.17, 15) is 18.0 Å². The number of nitrogens with one attached hydrogen (secondary N) is 1. The fourth-order valence-corrected chi connectivity index (χ4v) is 4.19. The number of carbonyl (C=O) groups is 1. The molecule has 3 aromatic rings. The highest BCUT2D eigenvalue weighted by Gasteiger charge is 2.30. The van der Waals surface area contributed by atoms with E-state index in [4.69, 9.17) is 0 Å². The summed E-state index contributed by atoms with van der Waals surface area (Å²) >= 11 is 1.26. The Morgan fingerprint density at radius 1 is 1.03 bits per heavy atom. The number of hydrogen-bond acceptors (Lipinski definition) is 5. The summed E-state index contributed by atoms with van der Waals surface area (Å²) in [5, 5.41) is 5.10. The zero-order chi connectivity index (χ0) is 21.8. The second-order valence-corrected chi connectivity index (χ2v) is 8.09. The van der Waals surface area contributed by atoms with Crippen LogP contribution in [0.25, 0.3) is 0 Å². The van der Waals surface area contributed by atoms with Crippen LogP contribution in [0.5, 0.6) is 0 Å². The summed E-state index contributed by atoms with van der Waals surface area (Å²) in [7, 11) is 0. The molecule has 1 aliphatic rings. The predicted octanol–water partition coefficient (Wildman–Crippen LogP) is 4.80. The molecule has 0 unspecified atom stereocenters. The third-order valence-electron chi connectivity index (χ3n) is 5.08. The third-order valence-corrected chi connectivity index (χ3v) is 5.89. The Morgan fingerprint density at radius 2 is 1.77 bits per heavy atom. The van der Waals surface area contributed by atoms with Crippen LogP contribution in [0.15, 0.2) is 60.0 Å². The summed E-state index contributed by atoms with van der Waals surface area (Å²) in [5.74, 6) is 0.00336. The molecule has 1 saturated heterocycles. The second-order valence-electron chi connectivity index (χ2n) is 7.23. The lowest BCUT2D eigenvalue weighted by Crippen LogP contribution is -2.49. The van der Waals surface area contributed by atoms with E-state index in [1.807, 2.05) is 23.1 Å².